The number of nitrogens with one attached hydrogen (secondary N) is 1. The van der Waals surface area contributed by atoms with Gasteiger partial charge in [-0.25, -0.2) is 0 Å². The Morgan fingerprint density at radius 3 is 2.31 bits per heavy atom. The summed E-state index contributed by atoms with van der Waals surface area (Å²) in [5, 5.41) is 54.7. The molecule has 5 rings (SSSR count). The summed E-state index contributed by atoms with van der Waals surface area (Å²) in [5.41, 5.74) is 0.908. The molecule has 4 saturated carbocycles. The third-order valence-corrected chi connectivity index (χ3v) is 14.4. The highest BCUT2D eigenvalue weighted by Crippen LogP contribution is 2.68. The van der Waals surface area contributed by atoms with Gasteiger partial charge in [-0.3, -0.25) is 0 Å². The van der Waals surface area contributed by atoms with E-state index in [2.05, 4.69) is 39.9 Å². The minimum atomic E-state index is -1.55. The van der Waals surface area contributed by atoms with E-state index < -0.39 is 42.9 Å². The molecule has 0 radical (unpaired) electrons. The maximum Gasteiger partial charge on any atom is 0.183 e. The van der Waals surface area contributed by atoms with Crippen molar-refractivity contribution in [2.45, 2.75) is 160 Å². The van der Waals surface area contributed by atoms with Gasteiger partial charge in [-0.1, -0.05) is 53.9 Å². The smallest absolute Gasteiger partial charge is 0.183 e. The van der Waals surface area contributed by atoms with Crippen molar-refractivity contribution in [3.63, 3.8) is 0 Å². The molecule has 0 aromatic rings. The molecular weight excluding hydrogens is 570 g/mol. The third kappa shape index (κ3) is 6.92. The Morgan fingerprint density at radius 2 is 1.62 bits per heavy atom. The normalized spacial score (nSPS) is 47.1. The highest BCUT2D eigenvalue weighted by molar-refractivity contribution is 5.10. The molecule has 0 aromatic carbocycles. The topological polar surface area (TPSA) is 132 Å². The lowest BCUT2D eigenvalue weighted by molar-refractivity contribution is -0.327. The van der Waals surface area contributed by atoms with Gasteiger partial charge >= 0.3 is 0 Å². The number of rotatable bonds is 12. The summed E-state index contributed by atoms with van der Waals surface area (Å²) in [6.07, 6.45) is 9.06. The van der Waals surface area contributed by atoms with Gasteiger partial charge < -0.3 is 40.3 Å². The lowest BCUT2D eigenvalue weighted by Gasteiger charge is -2.61. The number of hydrogen-bond donors (Lipinski definition) is 6. The molecule has 0 bridgehead atoms. The number of methoxy groups -OCH3 is 1. The first kappa shape index (κ1) is 36.0. The van der Waals surface area contributed by atoms with Gasteiger partial charge in [-0.15, -0.1) is 0 Å². The lowest BCUT2D eigenvalue weighted by atomic mass is 9.44. The summed E-state index contributed by atoms with van der Waals surface area (Å²) in [6.45, 7) is 12.2. The van der Waals surface area contributed by atoms with E-state index in [0.717, 1.165) is 48.3 Å². The Hall–Kier alpha value is -0.320. The maximum atomic E-state index is 10.6. The van der Waals surface area contributed by atoms with Gasteiger partial charge in [0.1, 0.15) is 24.4 Å². The minimum absolute atomic E-state index is 0.0468. The molecule has 45 heavy (non-hydrogen) atoms. The largest absolute Gasteiger partial charge is 0.394 e. The summed E-state index contributed by atoms with van der Waals surface area (Å²) < 4.78 is 11.8. The van der Waals surface area contributed by atoms with E-state index in [9.17, 15) is 25.5 Å². The highest BCUT2D eigenvalue weighted by atomic mass is 16.7. The Balaban J connectivity index is 1.19. The van der Waals surface area contributed by atoms with Gasteiger partial charge in [-0.05, 0) is 110 Å². The second kappa shape index (κ2) is 14.3. The van der Waals surface area contributed by atoms with Gasteiger partial charge in [0.15, 0.2) is 5.79 Å². The van der Waals surface area contributed by atoms with Gasteiger partial charge in [0, 0.05) is 19.6 Å². The number of hydrogen-bond acceptors (Lipinski definition) is 8. The highest BCUT2D eigenvalue weighted by Gasteiger charge is 2.60. The van der Waals surface area contributed by atoms with E-state index in [1.54, 1.807) is 0 Å². The summed E-state index contributed by atoms with van der Waals surface area (Å²) >= 11 is 0. The van der Waals surface area contributed by atoms with Gasteiger partial charge in [-0.2, -0.15) is 0 Å². The molecule has 0 amide bonds. The van der Waals surface area contributed by atoms with Crippen LogP contribution in [0.25, 0.3) is 0 Å². The first-order valence-electron chi connectivity index (χ1n) is 18.6. The molecule has 5 fully saturated rings. The predicted octanol–water partition coefficient (Wildman–Crippen LogP) is 4.63. The zero-order chi connectivity index (χ0) is 32.7. The zero-order valence-electron chi connectivity index (χ0n) is 29.2. The Bertz CT molecular complexity index is 967. The van der Waals surface area contributed by atoms with Crippen molar-refractivity contribution >= 4 is 0 Å². The molecule has 1 saturated heterocycles. The van der Waals surface area contributed by atoms with E-state index in [0.29, 0.717) is 29.3 Å². The van der Waals surface area contributed by atoms with Gasteiger partial charge in [0.25, 0.3) is 0 Å². The van der Waals surface area contributed by atoms with Crippen LogP contribution in [0.1, 0.15) is 118 Å². The predicted molar refractivity (Wildman–Crippen MR) is 175 cm³/mol. The molecule has 262 valence electrons. The van der Waals surface area contributed by atoms with Crippen molar-refractivity contribution in [1.29, 1.82) is 0 Å². The molecule has 5 aliphatic rings. The molecule has 0 spiro atoms. The monoisotopic (exact) mass is 637 g/mol. The molecular formula is C37H67NO7. The molecule has 2 unspecified atom stereocenters. The molecule has 4 aliphatic carbocycles. The average Bonchev–Trinajstić information content (AvgIpc) is 3.38. The Morgan fingerprint density at radius 1 is 0.911 bits per heavy atom. The average molecular weight is 638 g/mol. The second-order valence-corrected chi connectivity index (χ2v) is 17.2. The van der Waals surface area contributed by atoms with Crippen LogP contribution in [0.5, 0.6) is 0 Å². The minimum Gasteiger partial charge on any atom is -0.394 e. The van der Waals surface area contributed by atoms with Crippen molar-refractivity contribution in [1.82, 2.24) is 5.32 Å². The van der Waals surface area contributed by atoms with Crippen LogP contribution in [0.3, 0.4) is 0 Å². The van der Waals surface area contributed by atoms with Crippen molar-refractivity contribution < 1.29 is 35.0 Å². The maximum absolute atomic E-state index is 10.6. The van der Waals surface area contributed by atoms with Crippen molar-refractivity contribution in [2.24, 2.45) is 52.3 Å². The van der Waals surface area contributed by atoms with Crippen molar-refractivity contribution in [3.8, 4) is 0 Å². The lowest BCUT2D eigenvalue weighted by Crippen LogP contribution is -2.64. The molecule has 8 nitrogen and oxygen atoms in total. The van der Waals surface area contributed by atoms with Crippen LogP contribution in [-0.2, 0) is 9.47 Å². The zero-order valence-corrected chi connectivity index (χ0v) is 29.2. The van der Waals surface area contributed by atoms with E-state index in [-0.39, 0.29) is 6.42 Å². The molecule has 8 heteroatoms. The van der Waals surface area contributed by atoms with Crippen molar-refractivity contribution in [2.75, 3.05) is 20.3 Å². The van der Waals surface area contributed by atoms with Crippen LogP contribution in [-0.4, -0.2) is 88.1 Å². The van der Waals surface area contributed by atoms with E-state index in [1.807, 2.05) is 0 Å². The van der Waals surface area contributed by atoms with Crippen molar-refractivity contribution in [3.05, 3.63) is 0 Å². The second-order valence-electron chi connectivity index (χ2n) is 17.2. The standard InChI is InChI=1S/C37H67NO7/c1-22(2)8-7-9-23(3)27-12-13-28-26-11-10-24-18-25(14-16-35(24,4)29(26)15-17-36(27,28)5)38-21-37(44-6)19-30(40)32(42)34(45-37)33(43)31(41)20-39/h22-34,38-43H,7-21H2,1-6H3/t23-,24?,25?,26+,27-,28+,29+,30+,31+,32-,33-,34-,35+,36-,37-/m1/s1. The quantitative estimate of drug-likeness (QED) is 0.183. The fraction of sp³-hybridized carbons (Fsp3) is 1.00. The summed E-state index contributed by atoms with van der Waals surface area (Å²) in [5.74, 6) is 4.57. The third-order valence-electron chi connectivity index (χ3n) is 14.4. The molecule has 0 aromatic heterocycles. The fourth-order valence-electron chi connectivity index (χ4n) is 11.7. The first-order valence-corrected chi connectivity index (χ1v) is 18.6. The van der Waals surface area contributed by atoms with Crippen LogP contribution < -0.4 is 5.32 Å². The summed E-state index contributed by atoms with van der Waals surface area (Å²) in [4.78, 5) is 0. The Kier molecular flexibility index (Phi) is 11.4. The number of aliphatic hydroxyl groups is 5. The van der Waals surface area contributed by atoms with E-state index >= 15 is 0 Å². The molecule has 1 heterocycles. The Labute approximate surface area is 273 Å². The molecule has 6 N–H and O–H groups in total. The van der Waals surface area contributed by atoms with Crippen LogP contribution in [0.15, 0.2) is 0 Å². The summed E-state index contributed by atoms with van der Waals surface area (Å²) in [7, 11) is 1.51. The first-order chi connectivity index (χ1) is 21.3. The summed E-state index contributed by atoms with van der Waals surface area (Å²) in [6, 6.07) is 0.307. The number of aliphatic hydroxyl groups excluding tert-OH is 5. The van der Waals surface area contributed by atoms with Gasteiger partial charge in [0.2, 0.25) is 0 Å². The fourth-order valence-corrected chi connectivity index (χ4v) is 11.7. The van der Waals surface area contributed by atoms with Gasteiger partial charge in [0.05, 0.1) is 19.3 Å². The van der Waals surface area contributed by atoms with Crippen LogP contribution in [0.4, 0.5) is 0 Å². The van der Waals surface area contributed by atoms with E-state index in [4.69, 9.17) is 9.47 Å². The number of fused-ring (bicyclic) bond motifs is 5. The SMILES string of the molecule is CO[C@]1(CNC2CC[C@@]3(C)C(CC[C@H]4[C@@H]5CC[C@H]([C@H](C)CCCC(C)C)[C@@]5(C)CC[C@@H]43)C2)C[C@H](O)[C@@H](O)[C@H]([C@H](O)[C@@H](O)CO)O1. The van der Waals surface area contributed by atoms with E-state index in [1.165, 1.54) is 71.3 Å². The van der Waals surface area contributed by atoms with Crippen LogP contribution >= 0.6 is 0 Å². The van der Waals surface area contributed by atoms with Crippen LogP contribution in [0.2, 0.25) is 0 Å². The molecule has 1 aliphatic heterocycles. The molecule has 15 atom stereocenters. The van der Waals surface area contributed by atoms with Crippen LogP contribution in [0, 0.1) is 52.3 Å². The number of ether oxygens (including phenoxy) is 2.